The Balaban J connectivity index is 4.50. The van der Waals surface area contributed by atoms with Crippen LogP contribution >= 0.6 is 0 Å². The second kappa shape index (κ2) is 6.84. The monoisotopic (exact) mass is 230 g/mol. The molecular formula is C10H18N2O4. The molecule has 0 rings (SSSR count). The second-order valence-electron chi connectivity index (χ2n) is 3.56. The molecule has 16 heavy (non-hydrogen) atoms. The maximum absolute atomic E-state index is 11.6. The predicted molar refractivity (Wildman–Crippen MR) is 59.1 cm³/mol. The number of rotatable bonds is 6. The maximum atomic E-state index is 11.6. The first-order valence-electron chi connectivity index (χ1n) is 4.95. The normalized spacial score (nSPS) is 12.0. The van der Waals surface area contributed by atoms with E-state index in [2.05, 4.69) is 11.9 Å². The highest BCUT2D eigenvalue weighted by Crippen LogP contribution is 1.99. The van der Waals surface area contributed by atoms with Gasteiger partial charge in [0.15, 0.2) is 6.04 Å². The summed E-state index contributed by atoms with van der Waals surface area (Å²) in [5.41, 5.74) is 0. The van der Waals surface area contributed by atoms with E-state index < -0.39 is 24.6 Å². The minimum Gasteiger partial charge on any atom is -0.480 e. The largest absolute Gasteiger partial charge is 0.480 e. The SMILES string of the molecule is C=CCN(C(=O)N[C@@H](CO)C(=O)O)C(C)C. The predicted octanol–water partition coefficient (Wildman–Crippen LogP) is 0.0379. The van der Waals surface area contributed by atoms with Gasteiger partial charge in [-0.25, -0.2) is 9.59 Å². The van der Waals surface area contributed by atoms with Crippen LogP contribution in [0.5, 0.6) is 0 Å². The van der Waals surface area contributed by atoms with Crippen molar-refractivity contribution in [1.29, 1.82) is 0 Å². The highest BCUT2D eigenvalue weighted by Gasteiger charge is 2.23. The van der Waals surface area contributed by atoms with E-state index in [0.29, 0.717) is 6.54 Å². The lowest BCUT2D eigenvalue weighted by Gasteiger charge is -2.26. The summed E-state index contributed by atoms with van der Waals surface area (Å²) in [4.78, 5) is 23.7. The van der Waals surface area contributed by atoms with Crippen molar-refractivity contribution in [2.75, 3.05) is 13.2 Å². The van der Waals surface area contributed by atoms with Crippen molar-refractivity contribution in [3.8, 4) is 0 Å². The summed E-state index contributed by atoms with van der Waals surface area (Å²) in [7, 11) is 0. The molecule has 0 aliphatic rings. The third kappa shape index (κ3) is 4.31. The Labute approximate surface area is 94.6 Å². The molecule has 1 atom stereocenters. The minimum absolute atomic E-state index is 0.0777. The lowest BCUT2D eigenvalue weighted by Crippen LogP contribution is -2.51. The van der Waals surface area contributed by atoms with Crippen LogP contribution in [-0.2, 0) is 4.79 Å². The number of nitrogens with one attached hydrogen (secondary N) is 1. The summed E-state index contributed by atoms with van der Waals surface area (Å²) >= 11 is 0. The average molecular weight is 230 g/mol. The van der Waals surface area contributed by atoms with Gasteiger partial charge in [0.1, 0.15) is 0 Å². The quantitative estimate of drug-likeness (QED) is 0.562. The number of nitrogens with zero attached hydrogens (tertiary/aromatic N) is 1. The number of carbonyl (C=O) groups is 2. The number of carbonyl (C=O) groups excluding carboxylic acids is 1. The highest BCUT2D eigenvalue weighted by molar-refractivity contribution is 5.82. The van der Waals surface area contributed by atoms with E-state index in [4.69, 9.17) is 10.2 Å². The topological polar surface area (TPSA) is 89.9 Å². The molecule has 0 saturated carbocycles. The van der Waals surface area contributed by atoms with Crippen molar-refractivity contribution < 1.29 is 19.8 Å². The fraction of sp³-hybridized carbons (Fsp3) is 0.600. The molecule has 2 amide bonds. The van der Waals surface area contributed by atoms with Crippen LogP contribution in [0.3, 0.4) is 0 Å². The van der Waals surface area contributed by atoms with Gasteiger partial charge < -0.3 is 20.4 Å². The van der Waals surface area contributed by atoms with Crippen LogP contribution in [-0.4, -0.2) is 52.3 Å². The van der Waals surface area contributed by atoms with E-state index in [0.717, 1.165) is 0 Å². The van der Waals surface area contributed by atoms with E-state index in [1.165, 1.54) is 4.90 Å². The van der Waals surface area contributed by atoms with Crippen molar-refractivity contribution >= 4 is 12.0 Å². The molecule has 6 nitrogen and oxygen atoms in total. The lowest BCUT2D eigenvalue weighted by molar-refractivity contribution is -0.140. The first-order valence-corrected chi connectivity index (χ1v) is 4.95. The molecule has 0 radical (unpaired) electrons. The fourth-order valence-electron chi connectivity index (χ4n) is 1.08. The van der Waals surface area contributed by atoms with Crippen molar-refractivity contribution in [3.63, 3.8) is 0 Å². The molecule has 0 aromatic rings. The second-order valence-corrected chi connectivity index (χ2v) is 3.56. The number of aliphatic hydroxyl groups is 1. The Morgan fingerprint density at radius 1 is 1.50 bits per heavy atom. The third-order valence-electron chi connectivity index (χ3n) is 1.99. The van der Waals surface area contributed by atoms with Gasteiger partial charge in [0.25, 0.3) is 0 Å². The molecule has 0 bridgehead atoms. The number of amides is 2. The molecule has 0 aliphatic heterocycles. The van der Waals surface area contributed by atoms with Crippen LogP contribution in [0.4, 0.5) is 4.79 Å². The van der Waals surface area contributed by atoms with Gasteiger partial charge in [0.2, 0.25) is 0 Å². The van der Waals surface area contributed by atoms with Gasteiger partial charge in [-0.1, -0.05) is 6.08 Å². The standard InChI is InChI=1S/C10H18N2O4/c1-4-5-12(7(2)3)10(16)11-8(6-13)9(14)15/h4,7-8,13H,1,5-6H2,2-3H3,(H,11,16)(H,14,15)/t8-/m0/s1. The first kappa shape index (κ1) is 14.4. The Hall–Kier alpha value is -1.56. The number of hydrogen-bond donors (Lipinski definition) is 3. The molecule has 0 aromatic carbocycles. The van der Waals surface area contributed by atoms with E-state index in [9.17, 15) is 9.59 Å². The van der Waals surface area contributed by atoms with Crippen LogP contribution in [0, 0.1) is 0 Å². The van der Waals surface area contributed by atoms with E-state index in [-0.39, 0.29) is 6.04 Å². The minimum atomic E-state index is -1.28. The Morgan fingerprint density at radius 3 is 2.38 bits per heavy atom. The smallest absolute Gasteiger partial charge is 0.328 e. The van der Waals surface area contributed by atoms with Crippen molar-refractivity contribution in [2.45, 2.75) is 25.9 Å². The van der Waals surface area contributed by atoms with Crippen LogP contribution in [0.1, 0.15) is 13.8 Å². The summed E-state index contributed by atoms with van der Waals surface area (Å²) in [6, 6.07) is -1.89. The van der Waals surface area contributed by atoms with Gasteiger partial charge in [-0.3, -0.25) is 0 Å². The summed E-state index contributed by atoms with van der Waals surface area (Å²) in [6.45, 7) is 6.80. The molecule has 0 saturated heterocycles. The van der Waals surface area contributed by atoms with Crippen molar-refractivity contribution in [1.82, 2.24) is 10.2 Å². The van der Waals surface area contributed by atoms with Gasteiger partial charge in [-0.2, -0.15) is 0 Å². The zero-order chi connectivity index (χ0) is 12.7. The number of hydrogen-bond acceptors (Lipinski definition) is 3. The molecule has 0 spiro atoms. The number of carboxylic acids is 1. The molecular weight excluding hydrogens is 212 g/mol. The van der Waals surface area contributed by atoms with Gasteiger partial charge in [-0.05, 0) is 13.8 Å². The zero-order valence-electron chi connectivity index (χ0n) is 9.51. The first-order chi connectivity index (χ1) is 7.43. The molecule has 0 aromatic heterocycles. The molecule has 0 fully saturated rings. The van der Waals surface area contributed by atoms with Crippen molar-refractivity contribution in [3.05, 3.63) is 12.7 Å². The zero-order valence-corrected chi connectivity index (χ0v) is 9.51. The Bertz CT molecular complexity index is 266. The van der Waals surface area contributed by atoms with Gasteiger partial charge in [0.05, 0.1) is 6.61 Å². The molecule has 92 valence electrons. The van der Waals surface area contributed by atoms with Crippen LogP contribution in [0.15, 0.2) is 12.7 Å². The number of carboxylic acid groups (broad SMARTS) is 1. The maximum Gasteiger partial charge on any atom is 0.328 e. The summed E-state index contributed by atoms with van der Waals surface area (Å²) in [5, 5.41) is 19.6. The van der Waals surface area contributed by atoms with E-state index in [1.54, 1.807) is 19.9 Å². The fourth-order valence-corrected chi connectivity index (χ4v) is 1.08. The molecule has 6 heteroatoms. The summed E-state index contributed by atoms with van der Waals surface area (Å²) < 4.78 is 0. The van der Waals surface area contributed by atoms with Crippen LogP contribution in [0.25, 0.3) is 0 Å². The molecule has 0 heterocycles. The average Bonchev–Trinajstić information content (AvgIpc) is 2.21. The molecule has 3 N–H and O–H groups in total. The number of urea groups is 1. The Morgan fingerprint density at radius 2 is 2.06 bits per heavy atom. The lowest BCUT2D eigenvalue weighted by atomic mass is 10.3. The van der Waals surface area contributed by atoms with Gasteiger partial charge >= 0.3 is 12.0 Å². The molecule has 0 aliphatic carbocycles. The van der Waals surface area contributed by atoms with Crippen LogP contribution in [0.2, 0.25) is 0 Å². The Kier molecular flexibility index (Phi) is 6.17. The van der Waals surface area contributed by atoms with Crippen LogP contribution < -0.4 is 5.32 Å². The third-order valence-corrected chi connectivity index (χ3v) is 1.99. The van der Waals surface area contributed by atoms with Crippen molar-refractivity contribution in [2.24, 2.45) is 0 Å². The highest BCUT2D eigenvalue weighted by atomic mass is 16.4. The summed E-state index contributed by atoms with van der Waals surface area (Å²) in [6.07, 6.45) is 1.55. The number of aliphatic hydroxyl groups excluding tert-OH is 1. The number of aliphatic carboxylic acids is 1. The summed E-state index contributed by atoms with van der Waals surface area (Å²) in [5.74, 6) is -1.27. The molecule has 0 unspecified atom stereocenters. The van der Waals surface area contributed by atoms with Gasteiger partial charge in [-0.15, -0.1) is 6.58 Å². The van der Waals surface area contributed by atoms with E-state index in [1.807, 2.05) is 0 Å². The van der Waals surface area contributed by atoms with E-state index >= 15 is 0 Å². The van der Waals surface area contributed by atoms with Gasteiger partial charge in [0, 0.05) is 12.6 Å².